The van der Waals surface area contributed by atoms with Gasteiger partial charge in [-0.3, -0.25) is 0 Å². The Hall–Kier alpha value is -1.07. The van der Waals surface area contributed by atoms with Crippen LogP contribution in [-0.4, -0.2) is 16.4 Å². The Bertz CT molecular complexity index is 536. The highest BCUT2D eigenvalue weighted by Gasteiger charge is 2.42. The van der Waals surface area contributed by atoms with E-state index in [1.54, 1.807) is 5.20 Å². The molecule has 0 amide bonds. The standard InChI is InChI=1S/C16H24OSi2/c1-7-10-15(18(2,3)4)16-13-11-8-9-12-14(13)17-19(16,5)6/h7-9,11-12H,1,10H2,2-6H3/b16-15-. The number of rotatable bonds is 3. The van der Waals surface area contributed by atoms with Gasteiger partial charge in [0, 0.05) is 5.56 Å². The van der Waals surface area contributed by atoms with E-state index in [9.17, 15) is 0 Å². The highest BCUT2D eigenvalue weighted by atomic mass is 28.4. The molecule has 0 bridgehead atoms. The molecule has 2 rings (SSSR count). The number of para-hydroxylation sites is 1. The molecule has 3 heteroatoms. The number of fused-ring (bicyclic) bond motifs is 1. The summed E-state index contributed by atoms with van der Waals surface area (Å²) in [6, 6.07) is 8.50. The first-order valence-electron chi connectivity index (χ1n) is 6.91. The van der Waals surface area contributed by atoms with Gasteiger partial charge in [-0.1, -0.05) is 49.1 Å². The van der Waals surface area contributed by atoms with Crippen molar-refractivity contribution in [3.05, 3.63) is 47.7 Å². The van der Waals surface area contributed by atoms with Crippen molar-refractivity contribution in [2.45, 2.75) is 39.2 Å². The summed E-state index contributed by atoms with van der Waals surface area (Å²) in [7, 11) is -3.18. The van der Waals surface area contributed by atoms with Gasteiger partial charge in [-0.2, -0.15) is 0 Å². The third kappa shape index (κ3) is 2.62. The Kier molecular flexibility index (Phi) is 3.62. The van der Waals surface area contributed by atoms with Gasteiger partial charge in [0.2, 0.25) is 0 Å². The fraction of sp³-hybridized carbons (Fsp3) is 0.375. The van der Waals surface area contributed by atoms with Crippen molar-refractivity contribution in [2.24, 2.45) is 0 Å². The molecule has 102 valence electrons. The topological polar surface area (TPSA) is 9.23 Å². The molecule has 1 aliphatic heterocycles. The van der Waals surface area contributed by atoms with E-state index in [1.807, 2.05) is 6.08 Å². The van der Waals surface area contributed by atoms with Crippen LogP contribution in [0.2, 0.25) is 32.7 Å². The van der Waals surface area contributed by atoms with E-state index in [0.29, 0.717) is 0 Å². The van der Waals surface area contributed by atoms with E-state index in [4.69, 9.17) is 4.43 Å². The number of benzene rings is 1. The van der Waals surface area contributed by atoms with Crippen LogP contribution in [0.3, 0.4) is 0 Å². The highest BCUT2D eigenvalue weighted by molar-refractivity contribution is 6.96. The van der Waals surface area contributed by atoms with Crippen molar-refractivity contribution in [3.63, 3.8) is 0 Å². The second-order valence-corrected chi connectivity index (χ2v) is 15.5. The molecule has 1 aromatic rings. The molecule has 0 unspecified atom stereocenters. The van der Waals surface area contributed by atoms with E-state index < -0.39 is 16.4 Å². The maximum absolute atomic E-state index is 6.30. The minimum Gasteiger partial charge on any atom is -0.539 e. The molecule has 0 aliphatic carbocycles. The molecule has 0 fully saturated rings. The lowest BCUT2D eigenvalue weighted by Crippen LogP contribution is -2.36. The minimum absolute atomic E-state index is 0.999. The van der Waals surface area contributed by atoms with Crippen LogP contribution in [0, 0.1) is 0 Å². The van der Waals surface area contributed by atoms with Crippen LogP contribution in [0.15, 0.2) is 42.1 Å². The smallest absolute Gasteiger partial charge is 0.277 e. The molecular formula is C16H24OSi2. The molecule has 0 N–H and O–H groups in total. The zero-order chi connectivity index (χ0) is 14.3. The molecule has 1 aliphatic rings. The van der Waals surface area contributed by atoms with E-state index in [0.717, 1.165) is 12.2 Å². The first kappa shape index (κ1) is 14.3. The summed E-state index contributed by atoms with van der Waals surface area (Å²) in [5, 5.41) is 3.14. The first-order chi connectivity index (χ1) is 8.77. The third-order valence-electron chi connectivity index (χ3n) is 3.68. The van der Waals surface area contributed by atoms with E-state index in [1.165, 1.54) is 10.8 Å². The van der Waals surface area contributed by atoms with Gasteiger partial charge in [-0.05, 0) is 30.8 Å². The average molecular weight is 289 g/mol. The van der Waals surface area contributed by atoms with Gasteiger partial charge < -0.3 is 4.43 Å². The molecule has 0 spiro atoms. The molecule has 19 heavy (non-hydrogen) atoms. The minimum atomic E-state index is -1.82. The fourth-order valence-corrected chi connectivity index (χ4v) is 9.05. The monoisotopic (exact) mass is 288 g/mol. The van der Waals surface area contributed by atoms with E-state index in [-0.39, 0.29) is 0 Å². The van der Waals surface area contributed by atoms with Crippen molar-refractivity contribution in [1.82, 2.24) is 0 Å². The first-order valence-corrected chi connectivity index (χ1v) is 13.3. The molecule has 0 atom stereocenters. The zero-order valence-electron chi connectivity index (χ0n) is 12.7. The van der Waals surface area contributed by atoms with Gasteiger partial charge in [-0.15, -0.1) is 6.58 Å². The molecule has 1 aromatic carbocycles. The maximum Gasteiger partial charge on any atom is 0.277 e. The SMILES string of the molecule is C=CC/C(=C1\c2ccccc2O[Si]1(C)C)[Si](C)(C)C. The summed E-state index contributed by atoms with van der Waals surface area (Å²) in [6.45, 7) is 15.8. The van der Waals surface area contributed by atoms with Crippen molar-refractivity contribution in [1.29, 1.82) is 0 Å². The van der Waals surface area contributed by atoms with E-state index >= 15 is 0 Å². The van der Waals surface area contributed by atoms with Crippen LogP contribution in [0.25, 0.3) is 5.20 Å². The highest BCUT2D eigenvalue weighted by Crippen LogP contribution is 2.45. The van der Waals surface area contributed by atoms with Gasteiger partial charge in [0.05, 0.1) is 8.07 Å². The summed E-state index contributed by atoms with van der Waals surface area (Å²) in [6.07, 6.45) is 3.05. The lowest BCUT2D eigenvalue weighted by Gasteiger charge is -2.27. The van der Waals surface area contributed by atoms with Crippen molar-refractivity contribution in [2.75, 3.05) is 0 Å². The summed E-state index contributed by atoms with van der Waals surface area (Å²) in [4.78, 5) is 0. The van der Waals surface area contributed by atoms with Crippen molar-refractivity contribution < 1.29 is 4.43 Å². The number of hydrogen-bond acceptors (Lipinski definition) is 1. The van der Waals surface area contributed by atoms with E-state index in [2.05, 4.69) is 63.6 Å². The average Bonchev–Trinajstić information content (AvgIpc) is 2.54. The number of hydrogen-bond donors (Lipinski definition) is 0. The largest absolute Gasteiger partial charge is 0.539 e. The van der Waals surface area contributed by atoms with Gasteiger partial charge in [0.15, 0.2) is 0 Å². The van der Waals surface area contributed by atoms with Crippen molar-refractivity contribution >= 4 is 21.6 Å². The van der Waals surface area contributed by atoms with Gasteiger partial charge in [0.25, 0.3) is 8.32 Å². The Morgan fingerprint density at radius 2 is 1.89 bits per heavy atom. The molecule has 0 aromatic heterocycles. The number of allylic oxidation sites excluding steroid dienone is 2. The second-order valence-electron chi connectivity index (χ2n) is 6.70. The van der Waals surface area contributed by atoms with Crippen LogP contribution >= 0.6 is 0 Å². The van der Waals surface area contributed by atoms with Gasteiger partial charge in [-0.25, -0.2) is 0 Å². The lowest BCUT2D eigenvalue weighted by atomic mass is 10.1. The molecule has 0 saturated heterocycles. The lowest BCUT2D eigenvalue weighted by molar-refractivity contribution is 0.578. The van der Waals surface area contributed by atoms with Gasteiger partial charge in [0.1, 0.15) is 5.75 Å². The Balaban J connectivity index is 2.72. The molecule has 1 nitrogen and oxygen atoms in total. The van der Waals surface area contributed by atoms with Crippen LogP contribution in [-0.2, 0) is 0 Å². The summed E-state index contributed by atoms with van der Waals surface area (Å²) in [5.41, 5.74) is 1.33. The summed E-state index contributed by atoms with van der Waals surface area (Å²) >= 11 is 0. The molecule has 1 heterocycles. The fourth-order valence-electron chi connectivity index (χ4n) is 2.87. The molecule has 0 radical (unpaired) electrons. The predicted octanol–water partition coefficient (Wildman–Crippen LogP) is 5.03. The van der Waals surface area contributed by atoms with Crippen molar-refractivity contribution in [3.8, 4) is 5.75 Å². The maximum atomic E-state index is 6.30. The van der Waals surface area contributed by atoms with Gasteiger partial charge >= 0.3 is 0 Å². The molecule has 0 saturated carbocycles. The second kappa shape index (κ2) is 4.80. The van der Waals surface area contributed by atoms with Crippen LogP contribution in [0.5, 0.6) is 5.75 Å². The summed E-state index contributed by atoms with van der Waals surface area (Å²) in [5.74, 6) is 1.08. The van der Waals surface area contributed by atoms with Crippen LogP contribution in [0.4, 0.5) is 0 Å². The third-order valence-corrected chi connectivity index (χ3v) is 8.70. The summed E-state index contributed by atoms with van der Waals surface area (Å²) < 4.78 is 6.30. The van der Waals surface area contributed by atoms with Crippen LogP contribution in [0.1, 0.15) is 12.0 Å². The predicted molar refractivity (Wildman–Crippen MR) is 89.6 cm³/mol. The quantitative estimate of drug-likeness (QED) is 0.560. The Morgan fingerprint density at radius 3 is 2.47 bits per heavy atom. The normalized spacial score (nSPS) is 19.6. The Labute approximate surface area is 119 Å². The Morgan fingerprint density at radius 1 is 1.26 bits per heavy atom. The zero-order valence-corrected chi connectivity index (χ0v) is 14.7. The van der Waals surface area contributed by atoms with Crippen LogP contribution < -0.4 is 4.43 Å². The molecular weight excluding hydrogens is 264 g/mol.